The number of furan rings is 1. The highest BCUT2D eigenvalue weighted by Crippen LogP contribution is 2.31. The number of rotatable bonds is 9. The Morgan fingerprint density at radius 2 is 1.81 bits per heavy atom. The lowest BCUT2D eigenvalue weighted by Crippen LogP contribution is -2.35. The number of hydrogen-bond acceptors (Lipinski definition) is 6. The molecule has 1 unspecified atom stereocenters. The van der Waals surface area contributed by atoms with Crippen molar-refractivity contribution in [1.29, 1.82) is 0 Å². The highest BCUT2D eigenvalue weighted by molar-refractivity contribution is 7.89. The molecule has 0 radical (unpaired) electrons. The van der Waals surface area contributed by atoms with E-state index in [1.807, 2.05) is 25.1 Å². The Morgan fingerprint density at radius 3 is 2.47 bits per heavy atom. The number of piperidine rings is 1. The molecule has 0 aliphatic carbocycles. The average molecular weight is 465 g/mol. The number of nitrogens with one attached hydrogen (secondary N) is 1. The summed E-state index contributed by atoms with van der Waals surface area (Å²) >= 11 is 0. The summed E-state index contributed by atoms with van der Waals surface area (Å²) in [4.78, 5) is 12.7. The number of sulfonamides is 1. The van der Waals surface area contributed by atoms with Gasteiger partial charge in [-0.3, -0.25) is 4.79 Å². The maximum atomic E-state index is 12.7. The predicted molar refractivity (Wildman–Crippen MR) is 121 cm³/mol. The summed E-state index contributed by atoms with van der Waals surface area (Å²) in [6.45, 7) is 7.48. The van der Waals surface area contributed by atoms with Gasteiger partial charge in [0, 0.05) is 13.1 Å². The third-order valence-corrected chi connectivity index (χ3v) is 7.09. The van der Waals surface area contributed by atoms with Gasteiger partial charge < -0.3 is 19.2 Å². The van der Waals surface area contributed by atoms with Crippen molar-refractivity contribution in [2.24, 2.45) is 5.92 Å². The van der Waals surface area contributed by atoms with E-state index in [0.717, 1.165) is 24.8 Å². The molecule has 2 aromatic rings. The van der Waals surface area contributed by atoms with Crippen LogP contribution in [0, 0.1) is 5.92 Å². The smallest absolute Gasteiger partial charge is 0.287 e. The molecule has 1 fully saturated rings. The van der Waals surface area contributed by atoms with Crippen LogP contribution in [0.5, 0.6) is 11.5 Å². The maximum Gasteiger partial charge on any atom is 0.287 e. The van der Waals surface area contributed by atoms with Crippen LogP contribution in [0.2, 0.25) is 0 Å². The first-order valence-electron chi connectivity index (χ1n) is 10.9. The minimum absolute atomic E-state index is 0.0451. The fourth-order valence-corrected chi connectivity index (χ4v) is 4.92. The Hall–Kier alpha value is -2.52. The number of amides is 1. The Balaban J connectivity index is 1.68. The molecular weight excluding hydrogens is 432 g/mol. The number of benzene rings is 1. The van der Waals surface area contributed by atoms with E-state index in [-0.39, 0.29) is 16.9 Å². The van der Waals surface area contributed by atoms with Gasteiger partial charge in [-0.25, -0.2) is 8.42 Å². The van der Waals surface area contributed by atoms with E-state index in [9.17, 15) is 13.2 Å². The summed E-state index contributed by atoms with van der Waals surface area (Å²) in [5.41, 5.74) is 0.819. The van der Waals surface area contributed by atoms with Crippen LogP contribution in [0.15, 0.2) is 39.8 Å². The SMILES string of the molecule is COc1cc(C(C)NC(=O)c2ccc(S(=O)(=O)N3CCCCC3)o2)ccc1OCC(C)C. The van der Waals surface area contributed by atoms with Crippen LogP contribution in [0.4, 0.5) is 0 Å². The lowest BCUT2D eigenvalue weighted by molar-refractivity contribution is 0.0906. The summed E-state index contributed by atoms with van der Waals surface area (Å²) in [5.74, 6) is 1.07. The monoisotopic (exact) mass is 464 g/mol. The van der Waals surface area contributed by atoms with E-state index in [0.29, 0.717) is 37.1 Å². The van der Waals surface area contributed by atoms with Gasteiger partial charge in [-0.05, 0) is 55.5 Å². The summed E-state index contributed by atoms with van der Waals surface area (Å²) < 4.78 is 43.5. The van der Waals surface area contributed by atoms with Crippen molar-refractivity contribution >= 4 is 15.9 Å². The molecule has 1 aromatic carbocycles. The van der Waals surface area contributed by atoms with E-state index in [4.69, 9.17) is 13.9 Å². The molecule has 1 saturated heterocycles. The van der Waals surface area contributed by atoms with Gasteiger partial charge in [0.25, 0.3) is 15.9 Å². The van der Waals surface area contributed by atoms with Crippen molar-refractivity contribution < 1.29 is 27.1 Å². The van der Waals surface area contributed by atoms with Crippen LogP contribution < -0.4 is 14.8 Å². The number of hydrogen-bond donors (Lipinski definition) is 1. The highest BCUT2D eigenvalue weighted by Gasteiger charge is 2.30. The van der Waals surface area contributed by atoms with Crippen molar-refractivity contribution in [2.75, 3.05) is 26.8 Å². The van der Waals surface area contributed by atoms with Crippen LogP contribution in [0.3, 0.4) is 0 Å². The first kappa shape index (κ1) is 24.1. The Bertz CT molecular complexity index is 1020. The van der Waals surface area contributed by atoms with Crippen LogP contribution in [-0.4, -0.2) is 45.4 Å². The van der Waals surface area contributed by atoms with Crippen molar-refractivity contribution in [3.05, 3.63) is 41.7 Å². The van der Waals surface area contributed by atoms with Crippen LogP contribution in [0.25, 0.3) is 0 Å². The van der Waals surface area contributed by atoms with Crippen molar-refractivity contribution in [2.45, 2.75) is 51.2 Å². The van der Waals surface area contributed by atoms with E-state index in [2.05, 4.69) is 19.2 Å². The van der Waals surface area contributed by atoms with Gasteiger partial charge in [0.1, 0.15) is 0 Å². The molecule has 0 saturated carbocycles. The molecule has 1 aliphatic heterocycles. The number of methoxy groups -OCH3 is 1. The average Bonchev–Trinajstić information content (AvgIpc) is 3.29. The van der Waals surface area contributed by atoms with Gasteiger partial charge in [-0.15, -0.1) is 0 Å². The first-order valence-corrected chi connectivity index (χ1v) is 12.4. The maximum absolute atomic E-state index is 12.7. The summed E-state index contributed by atoms with van der Waals surface area (Å²) in [5, 5.41) is 2.64. The fourth-order valence-electron chi connectivity index (χ4n) is 3.49. The second-order valence-electron chi connectivity index (χ2n) is 8.39. The third kappa shape index (κ3) is 5.63. The summed E-state index contributed by atoms with van der Waals surface area (Å²) in [7, 11) is -2.16. The van der Waals surface area contributed by atoms with Crippen LogP contribution >= 0.6 is 0 Å². The van der Waals surface area contributed by atoms with Crippen LogP contribution in [0.1, 0.15) is 62.2 Å². The van der Waals surface area contributed by atoms with Gasteiger partial charge >= 0.3 is 0 Å². The second-order valence-corrected chi connectivity index (χ2v) is 10.3. The fraction of sp³-hybridized carbons (Fsp3) is 0.522. The molecule has 9 heteroatoms. The molecule has 1 aromatic heterocycles. The molecule has 0 spiro atoms. The summed E-state index contributed by atoms with van der Waals surface area (Å²) in [6.07, 6.45) is 2.68. The molecular formula is C23H32N2O6S. The van der Waals surface area contributed by atoms with Gasteiger partial charge in [-0.2, -0.15) is 4.31 Å². The predicted octanol–water partition coefficient (Wildman–Crippen LogP) is 3.99. The van der Waals surface area contributed by atoms with E-state index < -0.39 is 15.9 Å². The number of ether oxygens (including phenoxy) is 2. The number of carbonyl (C=O) groups excluding carboxylic acids is 1. The van der Waals surface area contributed by atoms with Crippen molar-refractivity contribution in [3.63, 3.8) is 0 Å². The lowest BCUT2D eigenvalue weighted by atomic mass is 10.1. The lowest BCUT2D eigenvalue weighted by Gasteiger charge is -2.24. The zero-order valence-corrected chi connectivity index (χ0v) is 19.9. The highest BCUT2D eigenvalue weighted by atomic mass is 32.2. The Kier molecular flexibility index (Phi) is 7.84. The second kappa shape index (κ2) is 10.4. The van der Waals surface area contributed by atoms with Gasteiger partial charge in [0.05, 0.1) is 19.8 Å². The van der Waals surface area contributed by atoms with Gasteiger partial charge in [0.15, 0.2) is 17.3 Å². The molecule has 1 N–H and O–H groups in total. The quantitative estimate of drug-likeness (QED) is 0.603. The Morgan fingerprint density at radius 1 is 1.09 bits per heavy atom. The number of nitrogens with zero attached hydrogens (tertiary/aromatic N) is 1. The molecule has 8 nitrogen and oxygen atoms in total. The molecule has 2 heterocycles. The van der Waals surface area contributed by atoms with E-state index in [1.165, 1.54) is 16.4 Å². The molecule has 1 atom stereocenters. The van der Waals surface area contributed by atoms with Crippen molar-refractivity contribution in [3.8, 4) is 11.5 Å². The minimum Gasteiger partial charge on any atom is -0.493 e. The van der Waals surface area contributed by atoms with Crippen molar-refractivity contribution in [1.82, 2.24) is 9.62 Å². The standard InChI is InChI=1S/C23H32N2O6S/c1-16(2)15-30-19-9-8-18(14-21(19)29-4)17(3)24-23(26)20-10-11-22(31-20)32(27,28)25-12-6-5-7-13-25/h8-11,14,16-17H,5-7,12-13,15H2,1-4H3,(H,24,26). The Labute approximate surface area is 189 Å². The summed E-state index contributed by atoms with van der Waals surface area (Å²) in [6, 6.07) is 7.86. The first-order chi connectivity index (χ1) is 15.2. The topological polar surface area (TPSA) is 98.1 Å². The normalized spacial score (nSPS) is 16.0. The molecule has 3 rings (SSSR count). The third-order valence-electron chi connectivity index (χ3n) is 5.32. The van der Waals surface area contributed by atoms with Gasteiger partial charge in [0.2, 0.25) is 5.09 Å². The van der Waals surface area contributed by atoms with Crippen LogP contribution in [-0.2, 0) is 10.0 Å². The van der Waals surface area contributed by atoms with E-state index >= 15 is 0 Å². The zero-order valence-electron chi connectivity index (χ0n) is 19.1. The zero-order chi connectivity index (χ0) is 23.3. The number of carbonyl (C=O) groups is 1. The van der Waals surface area contributed by atoms with E-state index in [1.54, 1.807) is 7.11 Å². The molecule has 176 valence electrons. The molecule has 32 heavy (non-hydrogen) atoms. The molecule has 0 bridgehead atoms. The minimum atomic E-state index is -3.72. The molecule has 1 amide bonds. The van der Waals surface area contributed by atoms with Gasteiger partial charge in [-0.1, -0.05) is 26.3 Å². The largest absolute Gasteiger partial charge is 0.493 e. The molecule has 1 aliphatic rings.